The molecule has 0 saturated carbocycles. The molecule has 0 radical (unpaired) electrons. The summed E-state index contributed by atoms with van der Waals surface area (Å²) in [6.07, 6.45) is 2.48. The van der Waals surface area contributed by atoms with Gasteiger partial charge < -0.3 is 10.6 Å². The molecule has 0 bridgehead atoms. The van der Waals surface area contributed by atoms with Crippen LogP contribution in [0.4, 0.5) is 5.82 Å². The average molecular weight is 233 g/mol. The van der Waals surface area contributed by atoms with E-state index in [1.165, 1.54) is 31.5 Å². The van der Waals surface area contributed by atoms with Gasteiger partial charge in [0.1, 0.15) is 5.82 Å². The molecule has 94 valence electrons. The number of piperidine rings is 1. The standard InChI is InChI=1S/C14H23N3/c1-10(2)17-8-6-12(7-9-17)13-4-5-14(15)16-11(13)3/h4-5,10,12H,6-9H2,1-3H3,(H2,15,16). The van der Waals surface area contributed by atoms with Crippen LogP contribution in [-0.4, -0.2) is 29.0 Å². The number of hydrogen-bond acceptors (Lipinski definition) is 3. The van der Waals surface area contributed by atoms with Crippen molar-refractivity contribution in [2.75, 3.05) is 18.8 Å². The summed E-state index contributed by atoms with van der Waals surface area (Å²) >= 11 is 0. The van der Waals surface area contributed by atoms with E-state index in [9.17, 15) is 0 Å². The number of pyridine rings is 1. The van der Waals surface area contributed by atoms with E-state index in [4.69, 9.17) is 5.73 Å². The van der Waals surface area contributed by atoms with Gasteiger partial charge in [0, 0.05) is 11.7 Å². The lowest BCUT2D eigenvalue weighted by Gasteiger charge is -2.35. The number of rotatable bonds is 2. The summed E-state index contributed by atoms with van der Waals surface area (Å²) in [7, 11) is 0. The molecule has 1 saturated heterocycles. The Labute approximate surface area is 104 Å². The summed E-state index contributed by atoms with van der Waals surface area (Å²) in [5.41, 5.74) is 8.20. The highest BCUT2D eigenvalue weighted by molar-refractivity contribution is 5.35. The number of nitrogen functional groups attached to an aromatic ring is 1. The van der Waals surface area contributed by atoms with Gasteiger partial charge in [-0.05, 0) is 64.3 Å². The van der Waals surface area contributed by atoms with Crippen LogP contribution in [0, 0.1) is 6.92 Å². The summed E-state index contributed by atoms with van der Waals surface area (Å²) in [6.45, 7) is 9.02. The molecule has 0 unspecified atom stereocenters. The van der Waals surface area contributed by atoms with E-state index in [0.717, 1.165) is 5.69 Å². The van der Waals surface area contributed by atoms with Crippen molar-refractivity contribution in [2.24, 2.45) is 0 Å². The third-order valence-electron chi connectivity index (χ3n) is 3.85. The molecule has 0 spiro atoms. The van der Waals surface area contributed by atoms with Crippen molar-refractivity contribution in [1.82, 2.24) is 9.88 Å². The molecule has 1 fully saturated rings. The van der Waals surface area contributed by atoms with Gasteiger partial charge in [-0.2, -0.15) is 0 Å². The molecule has 17 heavy (non-hydrogen) atoms. The molecular weight excluding hydrogens is 210 g/mol. The first kappa shape index (κ1) is 12.4. The maximum Gasteiger partial charge on any atom is 0.123 e. The Kier molecular flexibility index (Phi) is 3.67. The predicted molar refractivity (Wildman–Crippen MR) is 72.1 cm³/mol. The Bertz CT molecular complexity index is 379. The van der Waals surface area contributed by atoms with Crippen molar-refractivity contribution >= 4 is 5.82 Å². The normalized spacial score (nSPS) is 18.8. The first-order valence-corrected chi connectivity index (χ1v) is 6.55. The minimum atomic E-state index is 0.630. The number of hydrogen-bond donors (Lipinski definition) is 1. The Morgan fingerprint density at radius 3 is 2.47 bits per heavy atom. The van der Waals surface area contributed by atoms with Gasteiger partial charge in [-0.3, -0.25) is 0 Å². The van der Waals surface area contributed by atoms with Crippen molar-refractivity contribution in [2.45, 2.75) is 45.6 Å². The molecule has 1 aliphatic heterocycles. The van der Waals surface area contributed by atoms with Crippen LogP contribution in [0.2, 0.25) is 0 Å². The molecule has 1 aliphatic rings. The zero-order valence-electron chi connectivity index (χ0n) is 11.1. The fourth-order valence-electron chi connectivity index (χ4n) is 2.75. The highest BCUT2D eigenvalue weighted by Gasteiger charge is 2.23. The second kappa shape index (κ2) is 5.05. The minimum absolute atomic E-state index is 0.630. The monoisotopic (exact) mass is 233 g/mol. The van der Waals surface area contributed by atoms with Crippen LogP contribution >= 0.6 is 0 Å². The van der Waals surface area contributed by atoms with Crippen LogP contribution in [0.5, 0.6) is 0 Å². The topological polar surface area (TPSA) is 42.1 Å². The van der Waals surface area contributed by atoms with E-state index in [-0.39, 0.29) is 0 Å². The Balaban J connectivity index is 2.05. The van der Waals surface area contributed by atoms with Crippen molar-refractivity contribution in [3.05, 3.63) is 23.4 Å². The predicted octanol–water partition coefficient (Wildman–Crippen LogP) is 2.56. The van der Waals surface area contributed by atoms with E-state index >= 15 is 0 Å². The molecule has 0 amide bonds. The van der Waals surface area contributed by atoms with Gasteiger partial charge in [-0.25, -0.2) is 4.98 Å². The third-order valence-corrected chi connectivity index (χ3v) is 3.85. The Hall–Kier alpha value is -1.09. The van der Waals surface area contributed by atoms with Gasteiger partial charge in [0.2, 0.25) is 0 Å². The molecular formula is C14H23N3. The largest absolute Gasteiger partial charge is 0.384 e. The van der Waals surface area contributed by atoms with Crippen LogP contribution in [0.15, 0.2) is 12.1 Å². The van der Waals surface area contributed by atoms with Gasteiger partial charge in [0.25, 0.3) is 0 Å². The van der Waals surface area contributed by atoms with Crippen LogP contribution in [0.3, 0.4) is 0 Å². The highest BCUT2D eigenvalue weighted by Crippen LogP contribution is 2.30. The number of aryl methyl sites for hydroxylation is 1. The number of nitrogens with two attached hydrogens (primary N) is 1. The van der Waals surface area contributed by atoms with Crippen molar-refractivity contribution in [3.63, 3.8) is 0 Å². The van der Waals surface area contributed by atoms with Gasteiger partial charge in [-0.15, -0.1) is 0 Å². The Morgan fingerprint density at radius 2 is 1.94 bits per heavy atom. The number of aromatic nitrogens is 1. The van der Waals surface area contributed by atoms with E-state index in [1.807, 2.05) is 6.07 Å². The average Bonchev–Trinajstić information content (AvgIpc) is 2.29. The van der Waals surface area contributed by atoms with Gasteiger partial charge >= 0.3 is 0 Å². The van der Waals surface area contributed by atoms with E-state index in [1.54, 1.807) is 0 Å². The first-order chi connectivity index (χ1) is 8.08. The maximum atomic E-state index is 5.70. The van der Waals surface area contributed by atoms with Crippen molar-refractivity contribution < 1.29 is 0 Å². The van der Waals surface area contributed by atoms with Crippen LogP contribution in [0.1, 0.15) is 43.9 Å². The highest BCUT2D eigenvalue weighted by atomic mass is 15.1. The van der Waals surface area contributed by atoms with Crippen LogP contribution in [0.25, 0.3) is 0 Å². The molecule has 0 atom stereocenters. The van der Waals surface area contributed by atoms with E-state index in [0.29, 0.717) is 17.8 Å². The lowest BCUT2D eigenvalue weighted by atomic mass is 9.88. The number of nitrogens with zero attached hydrogens (tertiary/aromatic N) is 2. The van der Waals surface area contributed by atoms with Gasteiger partial charge in [-0.1, -0.05) is 6.07 Å². The minimum Gasteiger partial charge on any atom is -0.384 e. The van der Waals surface area contributed by atoms with Crippen molar-refractivity contribution in [3.8, 4) is 0 Å². The number of anilines is 1. The van der Waals surface area contributed by atoms with Gasteiger partial charge in [0.05, 0.1) is 0 Å². The summed E-state index contributed by atoms with van der Waals surface area (Å²) in [6, 6.07) is 4.76. The number of likely N-dealkylation sites (tertiary alicyclic amines) is 1. The summed E-state index contributed by atoms with van der Waals surface area (Å²) in [5.74, 6) is 1.30. The quantitative estimate of drug-likeness (QED) is 0.853. The summed E-state index contributed by atoms with van der Waals surface area (Å²) < 4.78 is 0. The smallest absolute Gasteiger partial charge is 0.123 e. The third kappa shape index (κ3) is 2.78. The molecule has 2 N–H and O–H groups in total. The van der Waals surface area contributed by atoms with Crippen LogP contribution in [-0.2, 0) is 0 Å². The van der Waals surface area contributed by atoms with E-state index < -0.39 is 0 Å². The summed E-state index contributed by atoms with van der Waals surface area (Å²) in [5, 5.41) is 0. The second-order valence-corrected chi connectivity index (χ2v) is 5.31. The zero-order chi connectivity index (χ0) is 12.4. The second-order valence-electron chi connectivity index (χ2n) is 5.31. The molecule has 2 heterocycles. The fraction of sp³-hybridized carbons (Fsp3) is 0.643. The lowest BCUT2D eigenvalue weighted by molar-refractivity contribution is 0.171. The van der Waals surface area contributed by atoms with Crippen molar-refractivity contribution in [1.29, 1.82) is 0 Å². The molecule has 1 aromatic heterocycles. The zero-order valence-corrected chi connectivity index (χ0v) is 11.1. The molecule has 0 aromatic carbocycles. The summed E-state index contributed by atoms with van der Waals surface area (Å²) in [4.78, 5) is 6.92. The lowest BCUT2D eigenvalue weighted by Crippen LogP contribution is -2.38. The maximum absolute atomic E-state index is 5.70. The molecule has 3 heteroatoms. The first-order valence-electron chi connectivity index (χ1n) is 6.55. The van der Waals surface area contributed by atoms with Gasteiger partial charge in [0.15, 0.2) is 0 Å². The molecule has 0 aliphatic carbocycles. The molecule has 1 aromatic rings. The Morgan fingerprint density at radius 1 is 1.29 bits per heavy atom. The molecule has 3 nitrogen and oxygen atoms in total. The van der Waals surface area contributed by atoms with E-state index in [2.05, 4.69) is 36.7 Å². The molecule has 2 rings (SSSR count). The SMILES string of the molecule is Cc1nc(N)ccc1C1CCN(C(C)C)CC1. The fourth-order valence-corrected chi connectivity index (χ4v) is 2.75. The van der Waals surface area contributed by atoms with Crippen LogP contribution < -0.4 is 5.73 Å².